The first-order valence-electron chi connectivity index (χ1n) is 7.39. The molecule has 0 aromatic heterocycles. The maximum atomic E-state index is 12.9. The molecule has 0 bridgehead atoms. The fourth-order valence-corrected chi connectivity index (χ4v) is 2.64. The number of nitrogens with one attached hydrogen (secondary N) is 1. The summed E-state index contributed by atoms with van der Waals surface area (Å²) in [5.74, 6) is 0.179. The summed E-state index contributed by atoms with van der Waals surface area (Å²) in [6.45, 7) is 4.87. The monoisotopic (exact) mass is 265 g/mol. The summed E-state index contributed by atoms with van der Waals surface area (Å²) < 4.78 is 18.9. The lowest BCUT2D eigenvalue weighted by Gasteiger charge is -2.19. The van der Waals surface area contributed by atoms with Crippen LogP contribution in [0.4, 0.5) is 4.39 Å². The molecule has 1 aliphatic rings. The smallest absolute Gasteiger partial charge is 0.123 e. The van der Waals surface area contributed by atoms with Crippen LogP contribution >= 0.6 is 0 Å². The highest BCUT2D eigenvalue weighted by molar-refractivity contribution is 5.23. The molecular formula is C16H24FNO. The van der Waals surface area contributed by atoms with E-state index in [-0.39, 0.29) is 11.9 Å². The van der Waals surface area contributed by atoms with E-state index >= 15 is 0 Å². The topological polar surface area (TPSA) is 21.3 Å². The van der Waals surface area contributed by atoms with Gasteiger partial charge in [-0.15, -0.1) is 0 Å². The van der Waals surface area contributed by atoms with E-state index in [4.69, 9.17) is 4.74 Å². The van der Waals surface area contributed by atoms with E-state index in [2.05, 4.69) is 12.2 Å². The van der Waals surface area contributed by atoms with Crippen LogP contribution < -0.4 is 5.32 Å². The maximum absolute atomic E-state index is 12.9. The number of rotatable bonds is 7. The van der Waals surface area contributed by atoms with Crippen LogP contribution in [-0.2, 0) is 4.74 Å². The Morgan fingerprint density at radius 2 is 1.95 bits per heavy atom. The Morgan fingerprint density at radius 1 is 1.16 bits per heavy atom. The first-order valence-corrected chi connectivity index (χ1v) is 7.39. The van der Waals surface area contributed by atoms with Gasteiger partial charge in [-0.2, -0.15) is 0 Å². The van der Waals surface area contributed by atoms with Crippen molar-refractivity contribution in [3.8, 4) is 0 Å². The van der Waals surface area contributed by atoms with Crippen LogP contribution in [0, 0.1) is 5.82 Å². The Hall–Kier alpha value is -0.930. The van der Waals surface area contributed by atoms with Crippen molar-refractivity contribution in [2.45, 2.75) is 44.6 Å². The third-order valence-corrected chi connectivity index (χ3v) is 3.79. The standard InChI is InChI=1S/C16H24FNO/c1-2-3-4-5-10-19-16-12-18-11-15(16)13-6-8-14(17)9-7-13/h6-9,15-16,18H,2-5,10-12H2,1H3. The fraction of sp³-hybridized carbons (Fsp3) is 0.625. The number of hydrogen-bond acceptors (Lipinski definition) is 2. The Bertz CT molecular complexity index is 366. The Morgan fingerprint density at radius 3 is 2.68 bits per heavy atom. The van der Waals surface area contributed by atoms with Crippen LogP contribution in [0.1, 0.15) is 44.1 Å². The molecule has 2 rings (SSSR count). The van der Waals surface area contributed by atoms with Gasteiger partial charge in [-0.25, -0.2) is 4.39 Å². The van der Waals surface area contributed by atoms with E-state index in [0.717, 1.165) is 26.1 Å². The number of ether oxygens (including phenoxy) is 1. The SMILES string of the molecule is CCCCCCOC1CNCC1c1ccc(F)cc1. The average Bonchev–Trinajstić information content (AvgIpc) is 2.88. The molecule has 106 valence electrons. The minimum absolute atomic E-state index is 0.174. The van der Waals surface area contributed by atoms with Crippen LogP contribution in [0.25, 0.3) is 0 Å². The van der Waals surface area contributed by atoms with Crippen LogP contribution in [0.15, 0.2) is 24.3 Å². The van der Waals surface area contributed by atoms with Gasteiger partial charge in [0.25, 0.3) is 0 Å². The molecule has 1 aliphatic heterocycles. The Balaban J connectivity index is 1.81. The van der Waals surface area contributed by atoms with Crippen molar-refractivity contribution in [3.63, 3.8) is 0 Å². The van der Waals surface area contributed by atoms with Gasteiger partial charge in [-0.05, 0) is 24.1 Å². The lowest BCUT2D eigenvalue weighted by Crippen LogP contribution is -2.22. The average molecular weight is 265 g/mol. The van der Waals surface area contributed by atoms with E-state index in [1.165, 1.54) is 37.0 Å². The largest absolute Gasteiger partial charge is 0.376 e. The van der Waals surface area contributed by atoms with E-state index in [1.54, 1.807) is 0 Å². The normalized spacial score (nSPS) is 22.8. The summed E-state index contributed by atoms with van der Waals surface area (Å²) in [7, 11) is 0. The van der Waals surface area contributed by atoms with Gasteiger partial charge in [-0.1, -0.05) is 38.3 Å². The van der Waals surface area contributed by atoms with Crippen LogP contribution in [0.3, 0.4) is 0 Å². The van der Waals surface area contributed by atoms with Crippen molar-refractivity contribution >= 4 is 0 Å². The number of benzene rings is 1. The fourth-order valence-electron chi connectivity index (χ4n) is 2.64. The third kappa shape index (κ3) is 4.29. The molecule has 1 N–H and O–H groups in total. The molecule has 3 heteroatoms. The van der Waals surface area contributed by atoms with Crippen molar-refractivity contribution in [1.82, 2.24) is 5.32 Å². The lowest BCUT2D eigenvalue weighted by molar-refractivity contribution is 0.0532. The zero-order chi connectivity index (χ0) is 13.5. The summed E-state index contributed by atoms with van der Waals surface area (Å²) in [5.41, 5.74) is 1.17. The van der Waals surface area contributed by atoms with E-state index in [0.29, 0.717) is 5.92 Å². The van der Waals surface area contributed by atoms with E-state index < -0.39 is 0 Å². The van der Waals surface area contributed by atoms with Crippen molar-refractivity contribution in [3.05, 3.63) is 35.6 Å². The number of unbranched alkanes of at least 4 members (excludes halogenated alkanes) is 3. The van der Waals surface area contributed by atoms with Gasteiger partial charge in [0.15, 0.2) is 0 Å². The molecule has 19 heavy (non-hydrogen) atoms. The van der Waals surface area contributed by atoms with Crippen molar-refractivity contribution in [2.24, 2.45) is 0 Å². The van der Waals surface area contributed by atoms with Gasteiger partial charge >= 0.3 is 0 Å². The second kappa shape index (κ2) is 7.61. The number of hydrogen-bond donors (Lipinski definition) is 1. The predicted octanol–water partition coefficient (Wildman–Crippen LogP) is 3.48. The van der Waals surface area contributed by atoms with Gasteiger partial charge in [0.1, 0.15) is 5.82 Å². The van der Waals surface area contributed by atoms with Crippen LogP contribution in [0.2, 0.25) is 0 Å². The highest BCUT2D eigenvalue weighted by Gasteiger charge is 2.28. The van der Waals surface area contributed by atoms with Crippen molar-refractivity contribution < 1.29 is 9.13 Å². The summed E-state index contributed by atoms with van der Waals surface area (Å²) >= 11 is 0. The molecule has 2 nitrogen and oxygen atoms in total. The number of halogens is 1. The Kier molecular flexibility index (Phi) is 5.80. The lowest BCUT2D eigenvalue weighted by atomic mass is 9.96. The predicted molar refractivity (Wildman–Crippen MR) is 75.9 cm³/mol. The van der Waals surface area contributed by atoms with Crippen LogP contribution in [-0.4, -0.2) is 25.8 Å². The van der Waals surface area contributed by atoms with Gasteiger partial charge < -0.3 is 10.1 Å². The second-order valence-electron chi connectivity index (χ2n) is 5.29. The third-order valence-electron chi connectivity index (χ3n) is 3.79. The summed E-state index contributed by atoms with van der Waals surface area (Å²) in [6.07, 6.45) is 5.15. The molecular weight excluding hydrogens is 241 g/mol. The molecule has 2 atom stereocenters. The summed E-state index contributed by atoms with van der Waals surface area (Å²) in [6, 6.07) is 6.82. The molecule has 0 radical (unpaired) electrons. The van der Waals surface area contributed by atoms with Crippen molar-refractivity contribution in [1.29, 1.82) is 0 Å². The van der Waals surface area contributed by atoms with E-state index in [1.807, 2.05) is 12.1 Å². The quantitative estimate of drug-likeness (QED) is 0.762. The summed E-state index contributed by atoms with van der Waals surface area (Å²) in [4.78, 5) is 0. The molecule has 1 aromatic rings. The van der Waals surface area contributed by atoms with Gasteiger partial charge in [0, 0.05) is 25.6 Å². The van der Waals surface area contributed by atoms with Gasteiger partial charge in [-0.3, -0.25) is 0 Å². The van der Waals surface area contributed by atoms with Crippen molar-refractivity contribution in [2.75, 3.05) is 19.7 Å². The first-order chi connectivity index (χ1) is 9.31. The minimum atomic E-state index is -0.174. The highest BCUT2D eigenvalue weighted by atomic mass is 19.1. The molecule has 0 saturated carbocycles. The molecule has 1 heterocycles. The van der Waals surface area contributed by atoms with E-state index in [9.17, 15) is 4.39 Å². The second-order valence-corrected chi connectivity index (χ2v) is 5.29. The molecule has 0 spiro atoms. The molecule has 1 aromatic carbocycles. The molecule has 0 aliphatic carbocycles. The molecule has 2 unspecified atom stereocenters. The van der Waals surface area contributed by atoms with Crippen LogP contribution in [0.5, 0.6) is 0 Å². The zero-order valence-electron chi connectivity index (χ0n) is 11.7. The minimum Gasteiger partial charge on any atom is -0.376 e. The first kappa shape index (κ1) is 14.5. The maximum Gasteiger partial charge on any atom is 0.123 e. The van der Waals surface area contributed by atoms with Gasteiger partial charge in [0.2, 0.25) is 0 Å². The Labute approximate surface area is 115 Å². The summed E-state index contributed by atoms with van der Waals surface area (Å²) in [5, 5.41) is 3.37. The molecule has 0 amide bonds. The highest BCUT2D eigenvalue weighted by Crippen LogP contribution is 2.25. The zero-order valence-corrected chi connectivity index (χ0v) is 11.7. The molecule has 1 fully saturated rings. The van der Waals surface area contributed by atoms with Gasteiger partial charge in [0.05, 0.1) is 6.10 Å². The molecule has 1 saturated heterocycles.